The average molecular weight is 979 g/mol. The molecular formula is C49H84Cl4N6O5. The van der Waals surface area contributed by atoms with Crippen molar-refractivity contribution in [3.8, 4) is 0 Å². The van der Waals surface area contributed by atoms with Crippen molar-refractivity contribution in [3.63, 3.8) is 0 Å². The Kier molecular flexibility index (Phi) is 37.9. The van der Waals surface area contributed by atoms with Crippen LogP contribution in [0.15, 0.2) is 24.3 Å². The van der Waals surface area contributed by atoms with Crippen LogP contribution in [0.2, 0.25) is 20.1 Å². The van der Waals surface area contributed by atoms with Gasteiger partial charge in [-0.15, -0.1) is 0 Å². The Morgan fingerprint density at radius 2 is 0.844 bits per heavy atom. The minimum absolute atomic E-state index is 0. The van der Waals surface area contributed by atoms with E-state index >= 15 is 0 Å². The molecule has 2 fully saturated rings. The summed E-state index contributed by atoms with van der Waals surface area (Å²) < 4.78 is 0. The number of rotatable bonds is 16. The van der Waals surface area contributed by atoms with Crippen LogP contribution in [0.3, 0.4) is 0 Å². The molecule has 2 aromatic rings. The topological polar surface area (TPSA) is 168 Å². The van der Waals surface area contributed by atoms with Crippen LogP contribution in [-0.4, -0.2) is 128 Å². The first kappa shape index (κ1) is 66.0. The fourth-order valence-electron chi connectivity index (χ4n) is 6.16. The quantitative estimate of drug-likeness (QED) is 0.0933. The average Bonchev–Trinajstić information content (AvgIpc) is 3.25. The lowest BCUT2D eigenvalue weighted by molar-refractivity contribution is -0.115. The summed E-state index contributed by atoms with van der Waals surface area (Å²) in [6, 6.07) is 7.11. The first-order valence-corrected chi connectivity index (χ1v) is 24.0. The predicted octanol–water partition coefficient (Wildman–Crippen LogP) is 12.6. The molecule has 0 spiro atoms. The van der Waals surface area contributed by atoms with Crippen LogP contribution in [0.25, 0.3) is 0 Å². The van der Waals surface area contributed by atoms with Gasteiger partial charge in [-0.3, -0.25) is 19.2 Å². The van der Waals surface area contributed by atoms with E-state index in [4.69, 9.17) is 46.4 Å². The van der Waals surface area contributed by atoms with Crippen LogP contribution in [0.1, 0.15) is 162 Å². The Balaban J connectivity index is -0.000000854. The first-order chi connectivity index (χ1) is 29.2. The lowest BCUT2D eigenvalue weighted by Gasteiger charge is -2.32. The first-order valence-electron chi connectivity index (χ1n) is 22.5. The van der Waals surface area contributed by atoms with Gasteiger partial charge in [0.15, 0.2) is 23.1 Å². The molecular weight excluding hydrogens is 894 g/mol. The van der Waals surface area contributed by atoms with Crippen molar-refractivity contribution in [2.45, 2.75) is 121 Å². The summed E-state index contributed by atoms with van der Waals surface area (Å²) >= 11 is 24.4. The van der Waals surface area contributed by atoms with Crippen molar-refractivity contribution in [2.75, 3.05) is 79.5 Å². The Morgan fingerprint density at radius 3 is 1.16 bits per heavy atom. The number of likely N-dealkylation sites (N-methyl/N-ethyl adjacent to an activating group) is 2. The zero-order valence-electron chi connectivity index (χ0n) is 41.4. The van der Waals surface area contributed by atoms with Gasteiger partial charge in [-0.25, -0.2) is 0 Å². The number of carbonyl (C=O) groups is 5. The largest absolute Gasteiger partial charge is 0.344 e. The fraction of sp³-hybridized carbons (Fsp3) is 0.653. The molecule has 11 nitrogen and oxygen atoms in total. The van der Waals surface area contributed by atoms with Gasteiger partial charge < -0.3 is 36.7 Å². The molecule has 0 atom stereocenters. The molecule has 2 aromatic carbocycles. The van der Waals surface area contributed by atoms with E-state index < -0.39 is 0 Å². The molecule has 64 heavy (non-hydrogen) atoms. The summed E-state index contributed by atoms with van der Waals surface area (Å²) in [5.74, 6) is 1.46. The summed E-state index contributed by atoms with van der Waals surface area (Å²) in [5.41, 5.74) is 1.24. The third kappa shape index (κ3) is 26.2. The minimum Gasteiger partial charge on any atom is -0.344 e. The zero-order valence-corrected chi connectivity index (χ0v) is 44.5. The summed E-state index contributed by atoms with van der Waals surface area (Å²) in [5, 5.41) is -0.0369. The van der Waals surface area contributed by atoms with Gasteiger partial charge in [0.1, 0.15) is 5.78 Å². The van der Waals surface area contributed by atoms with Gasteiger partial charge in [-0.05, 0) is 79.6 Å². The van der Waals surface area contributed by atoms with Gasteiger partial charge in [0.25, 0.3) is 0 Å². The fourth-order valence-corrected chi connectivity index (χ4v) is 7.25. The lowest BCUT2D eigenvalue weighted by Crippen LogP contribution is -2.44. The number of halogens is 4. The highest BCUT2D eigenvalue weighted by molar-refractivity contribution is 6.54. The van der Waals surface area contributed by atoms with Gasteiger partial charge in [0.2, 0.25) is 0 Å². The van der Waals surface area contributed by atoms with Crippen LogP contribution >= 0.6 is 46.4 Å². The van der Waals surface area contributed by atoms with Crippen LogP contribution in [0, 0.1) is 11.8 Å². The molecule has 4 rings (SSSR count). The normalized spacial score (nSPS) is 14.2. The van der Waals surface area contributed by atoms with Crippen molar-refractivity contribution in [2.24, 2.45) is 11.8 Å². The second-order valence-corrected chi connectivity index (χ2v) is 18.3. The monoisotopic (exact) mass is 977 g/mol. The summed E-state index contributed by atoms with van der Waals surface area (Å²) in [7, 11) is 4.24. The summed E-state index contributed by atoms with van der Waals surface area (Å²) in [4.78, 5) is 67.2. The van der Waals surface area contributed by atoms with Crippen LogP contribution in [0.4, 0.5) is 0 Å². The maximum Gasteiger partial charge on any atom is 0.165 e. The molecule has 0 aliphatic carbocycles. The molecule has 0 amide bonds. The Hall–Kier alpha value is -2.29. The summed E-state index contributed by atoms with van der Waals surface area (Å²) in [6.07, 6.45) is 7.63. The van der Waals surface area contributed by atoms with Crippen molar-refractivity contribution in [1.82, 2.24) is 31.9 Å². The number of nitrogens with zero attached hydrogens (tertiary/aromatic N) is 4. The van der Waals surface area contributed by atoms with Gasteiger partial charge >= 0.3 is 0 Å². The van der Waals surface area contributed by atoms with Crippen molar-refractivity contribution in [1.29, 1.82) is 0 Å². The Morgan fingerprint density at radius 1 is 0.516 bits per heavy atom. The number of Topliss-reactive ketones (excluding diaryl/α,β-unsaturated/α-hetero) is 5. The highest BCUT2D eigenvalue weighted by Crippen LogP contribution is 2.42. The van der Waals surface area contributed by atoms with Crippen molar-refractivity contribution in [3.05, 3.63) is 66.6 Å². The van der Waals surface area contributed by atoms with Gasteiger partial charge in [-0.1, -0.05) is 138 Å². The van der Waals surface area contributed by atoms with E-state index in [1.165, 1.54) is 53.4 Å². The Bertz CT molecular complexity index is 1660. The van der Waals surface area contributed by atoms with Gasteiger partial charge in [0.05, 0.1) is 25.7 Å². The highest BCUT2D eigenvalue weighted by atomic mass is 35.5. The van der Waals surface area contributed by atoms with E-state index in [0.717, 1.165) is 83.7 Å². The highest BCUT2D eigenvalue weighted by Gasteiger charge is 2.27. The van der Waals surface area contributed by atoms with Crippen LogP contribution < -0.4 is 12.3 Å². The molecule has 6 N–H and O–H groups in total. The number of carbonyl (C=O) groups excluding carboxylic acids is 5. The van der Waals surface area contributed by atoms with Crippen molar-refractivity contribution >= 4 is 75.3 Å². The Labute approximate surface area is 407 Å². The minimum atomic E-state index is -0.368. The maximum atomic E-state index is 12.7. The van der Waals surface area contributed by atoms with Gasteiger partial charge in [0, 0.05) is 81.9 Å². The van der Waals surface area contributed by atoms with E-state index in [1.54, 1.807) is 18.2 Å². The third-order valence-electron chi connectivity index (χ3n) is 11.2. The molecule has 368 valence electrons. The van der Waals surface area contributed by atoms with E-state index in [1.807, 2.05) is 6.07 Å². The number of benzene rings is 2. The molecule has 0 radical (unpaired) electrons. The smallest absolute Gasteiger partial charge is 0.165 e. The SMILES string of the molecule is CC(=O)c1c(Cl)c(Cl)c(Cl)c(Cl)c1C(=O)CCCN1CCN(C)CC1.CC(=O)c1ccccc1C(=O)CCCN1CCN(C)CC1.CC(C)=O.CCC(C)CC.CCC(C)CC.N.N. The number of piperazine rings is 2. The number of hydrogen-bond donors (Lipinski definition) is 2. The van der Waals surface area contributed by atoms with Gasteiger partial charge in [-0.2, -0.15) is 0 Å². The maximum absolute atomic E-state index is 12.7. The molecule has 0 unspecified atom stereocenters. The van der Waals surface area contributed by atoms with Crippen molar-refractivity contribution < 1.29 is 24.0 Å². The van der Waals surface area contributed by atoms with Crippen LogP contribution in [-0.2, 0) is 4.79 Å². The molecule has 2 aliphatic heterocycles. The second kappa shape index (κ2) is 36.8. The molecule has 0 aromatic heterocycles. The van der Waals surface area contributed by atoms with Crippen LogP contribution in [0.5, 0.6) is 0 Å². The molecule has 15 heteroatoms. The molecule has 0 saturated carbocycles. The standard InChI is InChI=1S/C17H20Cl4N2O2.C17H24N2O2.2C6H14.C3H6O.2H3N/c1-10(24)12-13(15(19)17(21)16(20)14(12)18)11(25)4-3-5-23-8-6-22(2)7-9-23;1-14(20)15-6-3-4-7-16(15)17(21)8-5-9-19-12-10-18(2)11-13-19;2*1-4-6(3)5-2;1-3(2)4;;/h3-9H2,1-2H3;3-4,6-7H,5,8-13H2,1-2H3;2*6H,4-5H2,1-3H3;1-2H3;2*1H3. The predicted molar refractivity (Wildman–Crippen MR) is 274 cm³/mol. The molecule has 2 heterocycles. The van der Waals surface area contributed by atoms with E-state index in [2.05, 4.69) is 75.2 Å². The number of ketones is 5. The molecule has 2 aliphatic rings. The zero-order chi connectivity index (χ0) is 47.5. The second-order valence-electron chi connectivity index (χ2n) is 16.8. The van der Waals surface area contributed by atoms with E-state index in [-0.39, 0.29) is 78.9 Å². The number of hydrogen-bond acceptors (Lipinski definition) is 11. The molecule has 2 saturated heterocycles. The van der Waals surface area contributed by atoms with E-state index in [0.29, 0.717) is 24.0 Å². The third-order valence-corrected chi connectivity index (χ3v) is 13.0. The summed E-state index contributed by atoms with van der Waals surface area (Å²) in [6.45, 7) is 29.5. The van der Waals surface area contributed by atoms with E-state index in [9.17, 15) is 24.0 Å². The molecule has 0 bridgehead atoms. The lowest BCUT2D eigenvalue weighted by atomic mass is 9.97.